The number of carboxylic acids is 1. The molecule has 18 heteroatoms. The number of aliphatic carboxylic acids is 1. The molecule has 18 nitrogen and oxygen atoms in total. The normalized spacial score (nSPS) is 27.4. The Morgan fingerprint density at radius 2 is 1.48 bits per heavy atom. The number of aliphatic hydroxyl groups is 2. The first-order valence-corrected chi connectivity index (χ1v) is 27.0. The molecule has 7 N–H and O–H groups in total. The number of amides is 4. The lowest BCUT2D eigenvalue weighted by atomic mass is 9.46. The first-order chi connectivity index (χ1) is 38.0. The molecular weight excluding hydrogens is 1010 g/mol. The number of hydrogen-bond acceptors (Lipinski definition) is 13. The van der Waals surface area contributed by atoms with Crippen LogP contribution in [-0.4, -0.2) is 114 Å². The predicted molar refractivity (Wildman–Crippen MR) is 285 cm³/mol. The molecule has 414 valence electrons. The van der Waals surface area contributed by atoms with Crippen LogP contribution in [0.1, 0.15) is 98.0 Å². The number of ether oxygens (including phenoxy) is 4. The van der Waals surface area contributed by atoms with Crippen LogP contribution >= 0.6 is 0 Å². The van der Waals surface area contributed by atoms with Gasteiger partial charge in [0.15, 0.2) is 23.5 Å². The maximum Gasteiger partial charge on any atom is 0.407 e. The highest BCUT2D eigenvalue weighted by Gasteiger charge is 2.76. The van der Waals surface area contributed by atoms with Crippen molar-refractivity contribution in [1.29, 1.82) is 0 Å². The molecule has 79 heavy (non-hydrogen) atoms. The van der Waals surface area contributed by atoms with E-state index in [1.54, 1.807) is 12.2 Å². The topological polar surface area (TPSA) is 265 Å². The molecule has 3 unspecified atom stereocenters. The van der Waals surface area contributed by atoms with Crippen molar-refractivity contribution in [2.75, 3.05) is 33.0 Å². The molecule has 1 saturated heterocycles. The number of allylic oxidation sites excluding steroid dienone is 4. The van der Waals surface area contributed by atoms with Crippen molar-refractivity contribution in [3.8, 4) is 11.1 Å². The summed E-state index contributed by atoms with van der Waals surface area (Å²) in [4.78, 5) is 88.7. The second-order valence-corrected chi connectivity index (χ2v) is 22.1. The van der Waals surface area contributed by atoms with Gasteiger partial charge in [0, 0.05) is 34.7 Å². The smallest absolute Gasteiger partial charge is 0.407 e. The van der Waals surface area contributed by atoms with Gasteiger partial charge in [0.1, 0.15) is 32.5 Å². The second kappa shape index (κ2) is 22.8. The summed E-state index contributed by atoms with van der Waals surface area (Å²) < 4.78 is 24.5. The van der Waals surface area contributed by atoms with Gasteiger partial charge in [-0.1, -0.05) is 123 Å². The van der Waals surface area contributed by atoms with Gasteiger partial charge in [-0.15, -0.1) is 0 Å². The van der Waals surface area contributed by atoms with E-state index in [9.17, 15) is 48.9 Å². The zero-order valence-electron chi connectivity index (χ0n) is 44.1. The molecule has 1 heterocycles. The molecule has 6 aliphatic rings. The molecule has 4 amide bonds. The summed E-state index contributed by atoms with van der Waals surface area (Å²) in [5.41, 5.74) is 6.14. The Morgan fingerprint density at radius 1 is 0.823 bits per heavy atom. The Kier molecular flexibility index (Phi) is 15.9. The van der Waals surface area contributed by atoms with E-state index in [2.05, 4.69) is 28.2 Å². The van der Waals surface area contributed by atoms with Gasteiger partial charge in [0.25, 0.3) is 0 Å². The Morgan fingerprint density at radius 3 is 2.16 bits per heavy atom. The van der Waals surface area contributed by atoms with E-state index in [0.717, 1.165) is 62.9 Å². The fourth-order valence-electron chi connectivity index (χ4n) is 13.9. The number of ketones is 2. The summed E-state index contributed by atoms with van der Waals surface area (Å²) >= 11 is 0. The minimum absolute atomic E-state index is 0.00635. The van der Waals surface area contributed by atoms with E-state index in [-0.39, 0.29) is 55.8 Å². The largest absolute Gasteiger partial charge is 0.481 e. The van der Waals surface area contributed by atoms with Crippen molar-refractivity contribution in [3.63, 3.8) is 0 Å². The SMILES string of the molecule is CC12C=CC(=O)C=C1CC[C@@H]1[C@@H]2C(O)C[C@@]2(C)[C@H]1CC1O[C@@H](c3ccc(Cc4ccc(COCNC(=O)CNC(=O)[C@H](CCC(=O)O)NC(=O)CNC(=O)OCC5c6ccccc6-c6ccccc65)cc4)cc3)O[C@]12C(=O)CO. The molecule has 5 aliphatic carbocycles. The number of alkyl carbamates (subject to hydrolysis) is 1. The van der Waals surface area contributed by atoms with E-state index in [1.807, 2.05) is 110 Å². The number of carbonyl (C=O) groups excluding carboxylic acids is 6. The van der Waals surface area contributed by atoms with Crippen LogP contribution in [0.2, 0.25) is 0 Å². The molecule has 0 spiro atoms. The van der Waals surface area contributed by atoms with Gasteiger partial charge in [-0.05, 0) is 101 Å². The van der Waals surface area contributed by atoms with Gasteiger partial charge in [0.05, 0.1) is 25.4 Å². The molecule has 10 atom stereocenters. The summed E-state index contributed by atoms with van der Waals surface area (Å²) in [5.74, 6) is -4.07. The minimum atomic E-state index is -1.44. The fourth-order valence-corrected chi connectivity index (χ4v) is 13.9. The highest BCUT2D eigenvalue weighted by Crippen LogP contribution is 2.70. The maximum absolute atomic E-state index is 14.0. The van der Waals surface area contributed by atoms with Gasteiger partial charge in [0.2, 0.25) is 17.7 Å². The number of nitrogens with one attached hydrogen (secondary N) is 4. The maximum atomic E-state index is 14.0. The molecule has 4 aromatic rings. The Hall–Kier alpha value is -7.35. The molecule has 1 aliphatic heterocycles. The van der Waals surface area contributed by atoms with Crippen LogP contribution in [0.15, 0.2) is 121 Å². The van der Waals surface area contributed by atoms with Gasteiger partial charge < -0.3 is 55.5 Å². The van der Waals surface area contributed by atoms with Crippen LogP contribution < -0.4 is 21.3 Å². The van der Waals surface area contributed by atoms with E-state index >= 15 is 0 Å². The Labute approximate surface area is 457 Å². The lowest BCUT2D eigenvalue weighted by Crippen LogP contribution is -2.63. The standard InChI is InChI=1S/C61H66N4O14/c1-59-24-23-40(67)26-39(59)19-20-45-47-27-51-61(50(69)31-66,60(47,2)28-49(68)55(45)59)79-57(78-51)38-17-15-36(16-18-38)25-35-11-13-37(14-12-35)32-76-34-64-52(70)29-62-56(74)48(21-22-54(72)73)65-53(71)30-63-58(75)77-33-46-43-9-5-3-7-41(43)42-8-4-6-10-44(42)46/h3-18,23-24,26,45-49,51,55,57,66,68H,19-22,25,27-34H2,1-2H3,(H,62,74)(H,63,75)(H,64,70)(H,65,71)(H,72,73)/t45-,47-,48-,49?,51?,55+,57+,59?,60-,61+/m0/s1. The van der Waals surface area contributed by atoms with Gasteiger partial charge >= 0.3 is 12.1 Å². The van der Waals surface area contributed by atoms with Crippen molar-refractivity contribution >= 4 is 41.4 Å². The molecule has 4 aromatic carbocycles. The Balaban J connectivity index is 0.649. The summed E-state index contributed by atoms with van der Waals surface area (Å²) in [6, 6.07) is 30.0. The molecule has 0 radical (unpaired) electrons. The van der Waals surface area contributed by atoms with Crippen molar-refractivity contribution < 1.29 is 67.8 Å². The third-order valence-electron chi connectivity index (χ3n) is 17.6. The molecule has 0 bridgehead atoms. The number of rotatable bonds is 20. The summed E-state index contributed by atoms with van der Waals surface area (Å²) in [6.07, 6.45) is 4.47. The van der Waals surface area contributed by atoms with Crippen LogP contribution in [0, 0.1) is 28.6 Å². The summed E-state index contributed by atoms with van der Waals surface area (Å²) in [6.45, 7) is 2.43. The third-order valence-corrected chi connectivity index (χ3v) is 17.6. The average molecular weight is 1080 g/mol. The number of fused-ring (bicyclic) bond motifs is 10. The van der Waals surface area contributed by atoms with Crippen LogP contribution in [0.5, 0.6) is 0 Å². The monoisotopic (exact) mass is 1080 g/mol. The highest BCUT2D eigenvalue weighted by atomic mass is 16.7. The second-order valence-electron chi connectivity index (χ2n) is 22.1. The van der Waals surface area contributed by atoms with Crippen LogP contribution in [-0.2, 0) is 60.7 Å². The summed E-state index contributed by atoms with van der Waals surface area (Å²) in [7, 11) is 0. The first kappa shape index (κ1) is 55.0. The quantitative estimate of drug-likeness (QED) is 0.0428. The fraction of sp³-hybridized carbons (Fsp3) is 0.426. The van der Waals surface area contributed by atoms with Crippen molar-refractivity contribution in [2.45, 2.75) is 101 Å². The number of Topliss-reactive ketones (excluding diaryl/α,β-unsaturated/α-hetero) is 1. The van der Waals surface area contributed by atoms with Gasteiger partial charge in [-0.25, -0.2) is 4.79 Å². The average Bonchev–Trinajstić information content (AvgIpc) is 2.88. The van der Waals surface area contributed by atoms with Crippen LogP contribution in [0.4, 0.5) is 4.79 Å². The van der Waals surface area contributed by atoms with Crippen molar-refractivity contribution in [3.05, 3.63) is 154 Å². The molecule has 10 rings (SSSR count). The number of aliphatic hydroxyl groups excluding tert-OH is 2. The van der Waals surface area contributed by atoms with E-state index in [1.165, 1.54) is 0 Å². The third kappa shape index (κ3) is 10.8. The lowest BCUT2D eigenvalue weighted by molar-refractivity contribution is -0.201. The zero-order valence-corrected chi connectivity index (χ0v) is 44.1. The number of benzene rings is 4. The lowest BCUT2D eigenvalue weighted by Gasteiger charge is -2.59. The molecule has 4 fully saturated rings. The van der Waals surface area contributed by atoms with E-state index in [0.29, 0.717) is 19.3 Å². The van der Waals surface area contributed by atoms with Crippen LogP contribution in [0.25, 0.3) is 11.1 Å². The predicted octanol–water partition coefficient (Wildman–Crippen LogP) is 5.48. The molecule has 0 aromatic heterocycles. The van der Waals surface area contributed by atoms with Gasteiger partial charge in [-0.3, -0.25) is 28.8 Å². The minimum Gasteiger partial charge on any atom is -0.481 e. The van der Waals surface area contributed by atoms with E-state index in [4.69, 9.17) is 18.9 Å². The molecular formula is C61H66N4O14. The van der Waals surface area contributed by atoms with Crippen molar-refractivity contribution in [2.24, 2.45) is 28.6 Å². The highest BCUT2D eigenvalue weighted by molar-refractivity contribution is 6.01. The zero-order chi connectivity index (χ0) is 55.6. The number of carbonyl (C=O) groups is 7. The molecule has 3 saturated carbocycles. The summed E-state index contributed by atoms with van der Waals surface area (Å²) in [5, 5.41) is 41.4. The first-order valence-electron chi connectivity index (χ1n) is 27.0. The Bertz CT molecular complexity index is 3040. The number of carboxylic acid groups (broad SMARTS) is 1. The van der Waals surface area contributed by atoms with Gasteiger partial charge in [-0.2, -0.15) is 0 Å². The van der Waals surface area contributed by atoms with Crippen molar-refractivity contribution in [1.82, 2.24) is 21.3 Å². The van der Waals surface area contributed by atoms with Crippen LogP contribution in [0.3, 0.4) is 0 Å². The van der Waals surface area contributed by atoms with E-state index < -0.39 is 103 Å². The number of hydrogen-bond donors (Lipinski definition) is 7.